The van der Waals surface area contributed by atoms with Crippen LogP contribution < -0.4 is 10.1 Å². The molecule has 0 atom stereocenters. The van der Waals surface area contributed by atoms with E-state index in [0.29, 0.717) is 12.5 Å². The zero-order chi connectivity index (χ0) is 16.1. The molecule has 4 heteroatoms. The molecule has 21 heavy (non-hydrogen) atoms. The van der Waals surface area contributed by atoms with Crippen molar-refractivity contribution in [2.24, 2.45) is 5.41 Å². The first-order valence-corrected chi connectivity index (χ1v) is 7.94. The van der Waals surface area contributed by atoms with Gasteiger partial charge in [-0.2, -0.15) is 4.98 Å². The molecule has 0 amide bonds. The Morgan fingerprint density at radius 1 is 1.10 bits per heavy atom. The van der Waals surface area contributed by atoms with Crippen LogP contribution in [-0.2, 0) is 6.42 Å². The van der Waals surface area contributed by atoms with Gasteiger partial charge in [0, 0.05) is 18.0 Å². The van der Waals surface area contributed by atoms with E-state index in [0.717, 1.165) is 30.9 Å². The largest absolute Gasteiger partial charge is 0.478 e. The lowest BCUT2D eigenvalue weighted by Gasteiger charge is -2.33. The highest BCUT2D eigenvalue weighted by Gasteiger charge is 2.26. The minimum Gasteiger partial charge on any atom is -0.478 e. The number of hydrogen-bond donors (Lipinski definition) is 1. The quantitative estimate of drug-likeness (QED) is 0.806. The molecule has 1 aromatic heterocycles. The molecule has 0 aliphatic carbocycles. The maximum Gasteiger partial charge on any atom is 0.218 e. The maximum absolute atomic E-state index is 5.66. The van der Waals surface area contributed by atoms with Crippen molar-refractivity contribution in [3.63, 3.8) is 0 Å². The second kappa shape index (κ2) is 7.10. The summed E-state index contributed by atoms with van der Waals surface area (Å²) in [4.78, 5) is 8.99. The van der Waals surface area contributed by atoms with Gasteiger partial charge in [-0.15, -0.1) is 0 Å². The van der Waals surface area contributed by atoms with Crippen LogP contribution in [0.4, 0.5) is 5.82 Å². The minimum atomic E-state index is -0.0281. The average molecular weight is 293 g/mol. The predicted octanol–water partition coefficient (Wildman–Crippen LogP) is 4.45. The van der Waals surface area contributed by atoms with Gasteiger partial charge in [-0.25, -0.2) is 4.98 Å². The molecule has 0 fully saturated rings. The van der Waals surface area contributed by atoms with Gasteiger partial charge in [-0.1, -0.05) is 34.6 Å². The van der Waals surface area contributed by atoms with E-state index in [-0.39, 0.29) is 11.0 Å². The summed E-state index contributed by atoms with van der Waals surface area (Å²) >= 11 is 0. The van der Waals surface area contributed by atoms with E-state index in [1.807, 2.05) is 6.07 Å². The van der Waals surface area contributed by atoms with Gasteiger partial charge in [-0.3, -0.25) is 0 Å². The van der Waals surface area contributed by atoms with Crippen molar-refractivity contribution in [1.82, 2.24) is 9.97 Å². The second-order valence-electron chi connectivity index (χ2n) is 7.46. The van der Waals surface area contributed by atoms with Gasteiger partial charge in [-0.05, 0) is 32.1 Å². The molecule has 0 saturated carbocycles. The van der Waals surface area contributed by atoms with Gasteiger partial charge in [0.05, 0.1) is 6.61 Å². The lowest BCUT2D eigenvalue weighted by Crippen LogP contribution is -2.35. The molecule has 0 aromatic carbocycles. The van der Waals surface area contributed by atoms with Crippen molar-refractivity contribution in [2.45, 2.75) is 73.3 Å². The topological polar surface area (TPSA) is 47.0 Å². The van der Waals surface area contributed by atoms with E-state index < -0.39 is 0 Å². The fourth-order valence-electron chi connectivity index (χ4n) is 2.69. The van der Waals surface area contributed by atoms with Gasteiger partial charge in [0.2, 0.25) is 5.88 Å². The lowest BCUT2D eigenvalue weighted by molar-refractivity contribution is 0.299. The molecule has 0 aliphatic heterocycles. The third kappa shape index (κ3) is 6.78. The third-order valence-electron chi connectivity index (χ3n) is 2.96. The van der Waals surface area contributed by atoms with Crippen molar-refractivity contribution < 1.29 is 4.74 Å². The summed E-state index contributed by atoms with van der Waals surface area (Å²) in [5, 5.41) is 3.54. The van der Waals surface area contributed by atoms with Crippen molar-refractivity contribution in [1.29, 1.82) is 0 Å². The number of hydrogen-bond acceptors (Lipinski definition) is 4. The van der Waals surface area contributed by atoms with Crippen LogP contribution in [0.3, 0.4) is 0 Å². The Morgan fingerprint density at radius 3 is 2.29 bits per heavy atom. The molecule has 4 nitrogen and oxygen atoms in total. The smallest absolute Gasteiger partial charge is 0.218 e. The highest BCUT2D eigenvalue weighted by Crippen LogP contribution is 2.29. The van der Waals surface area contributed by atoms with E-state index in [1.165, 1.54) is 0 Å². The number of ether oxygens (including phenoxy) is 1. The average Bonchev–Trinajstić information content (AvgIpc) is 2.32. The SMILES string of the molecule is CCCOc1cc(NC(C)(C)CC(C)(C)C)nc(CC)n1. The van der Waals surface area contributed by atoms with Gasteiger partial charge in [0.25, 0.3) is 0 Å². The van der Waals surface area contributed by atoms with Crippen LogP contribution in [0.15, 0.2) is 6.07 Å². The first-order valence-electron chi connectivity index (χ1n) is 7.94. The second-order valence-corrected chi connectivity index (χ2v) is 7.46. The van der Waals surface area contributed by atoms with Crippen molar-refractivity contribution >= 4 is 5.82 Å². The van der Waals surface area contributed by atoms with E-state index in [4.69, 9.17) is 4.74 Å². The monoisotopic (exact) mass is 293 g/mol. The van der Waals surface area contributed by atoms with Crippen LogP contribution in [0.2, 0.25) is 0 Å². The van der Waals surface area contributed by atoms with Crippen LogP contribution >= 0.6 is 0 Å². The molecule has 0 unspecified atom stereocenters. The Labute approximate surface area is 129 Å². The van der Waals surface area contributed by atoms with Crippen molar-refractivity contribution in [3.05, 3.63) is 11.9 Å². The van der Waals surface area contributed by atoms with E-state index in [2.05, 4.69) is 63.8 Å². The summed E-state index contributed by atoms with van der Waals surface area (Å²) in [7, 11) is 0. The van der Waals surface area contributed by atoms with E-state index in [1.54, 1.807) is 0 Å². The molecule has 120 valence electrons. The molecule has 1 heterocycles. The highest BCUT2D eigenvalue weighted by molar-refractivity contribution is 5.41. The molecule has 0 aliphatic rings. The summed E-state index contributed by atoms with van der Waals surface area (Å²) in [6, 6.07) is 1.90. The molecule has 0 bridgehead atoms. The Kier molecular flexibility index (Phi) is 5.99. The lowest BCUT2D eigenvalue weighted by atomic mass is 9.82. The molecule has 1 rings (SSSR count). The van der Waals surface area contributed by atoms with E-state index >= 15 is 0 Å². The van der Waals surface area contributed by atoms with Gasteiger partial charge in [0.1, 0.15) is 11.6 Å². The van der Waals surface area contributed by atoms with Crippen molar-refractivity contribution in [3.8, 4) is 5.88 Å². The van der Waals surface area contributed by atoms with Crippen LogP contribution in [0, 0.1) is 5.41 Å². The van der Waals surface area contributed by atoms with Gasteiger partial charge in [0.15, 0.2) is 0 Å². The number of nitrogens with one attached hydrogen (secondary N) is 1. The maximum atomic E-state index is 5.66. The highest BCUT2D eigenvalue weighted by atomic mass is 16.5. The zero-order valence-corrected chi connectivity index (χ0v) is 14.7. The first kappa shape index (κ1) is 17.7. The van der Waals surface area contributed by atoms with E-state index in [9.17, 15) is 0 Å². The Bertz CT molecular complexity index is 450. The fraction of sp³-hybridized carbons (Fsp3) is 0.765. The molecule has 1 N–H and O–H groups in total. The fourth-order valence-corrected chi connectivity index (χ4v) is 2.69. The summed E-state index contributed by atoms with van der Waals surface area (Å²) < 4.78 is 5.66. The van der Waals surface area contributed by atoms with Crippen molar-refractivity contribution in [2.75, 3.05) is 11.9 Å². The zero-order valence-electron chi connectivity index (χ0n) is 14.7. The number of nitrogens with zero attached hydrogens (tertiary/aromatic N) is 2. The minimum absolute atomic E-state index is 0.0281. The van der Waals surface area contributed by atoms with Crippen LogP contribution in [0.25, 0.3) is 0 Å². The summed E-state index contributed by atoms with van der Waals surface area (Å²) in [5.41, 5.74) is 0.234. The van der Waals surface area contributed by atoms with Crippen LogP contribution in [0.5, 0.6) is 5.88 Å². The Hall–Kier alpha value is -1.32. The van der Waals surface area contributed by atoms with Crippen LogP contribution in [0.1, 0.15) is 67.1 Å². The summed E-state index contributed by atoms with van der Waals surface area (Å²) in [5.74, 6) is 2.33. The number of aromatic nitrogens is 2. The summed E-state index contributed by atoms with van der Waals surface area (Å²) in [6.07, 6.45) is 2.83. The molecular weight excluding hydrogens is 262 g/mol. The molecule has 0 radical (unpaired) electrons. The predicted molar refractivity (Wildman–Crippen MR) is 89.0 cm³/mol. The third-order valence-corrected chi connectivity index (χ3v) is 2.96. The van der Waals surface area contributed by atoms with Crippen LogP contribution in [-0.4, -0.2) is 22.1 Å². The number of aryl methyl sites for hydroxylation is 1. The number of anilines is 1. The number of rotatable bonds is 7. The summed E-state index contributed by atoms with van der Waals surface area (Å²) in [6.45, 7) is 16.0. The molecule has 0 spiro atoms. The normalized spacial score (nSPS) is 12.3. The Morgan fingerprint density at radius 2 is 1.76 bits per heavy atom. The molecule has 1 aromatic rings. The first-order chi connectivity index (χ1) is 9.65. The van der Waals surface area contributed by atoms with Gasteiger partial charge < -0.3 is 10.1 Å². The Balaban J connectivity index is 2.90. The molecular formula is C17H31N3O. The standard InChI is InChI=1S/C17H31N3O/c1-8-10-21-15-11-14(18-13(9-2)19-15)20-17(6,7)12-16(3,4)5/h11H,8-10,12H2,1-7H3,(H,18,19,20). The molecule has 0 saturated heterocycles. The van der Waals surface area contributed by atoms with Gasteiger partial charge >= 0.3 is 0 Å².